The number of amides is 5. The van der Waals surface area contributed by atoms with Gasteiger partial charge in [-0.25, -0.2) is 4.90 Å². The number of nitrogens with one attached hydrogen (secondary N) is 1. The van der Waals surface area contributed by atoms with E-state index in [1.54, 1.807) is 42.5 Å². The Balaban J connectivity index is 1.45. The topological polar surface area (TPSA) is 104 Å². The fourth-order valence-electron chi connectivity index (χ4n) is 4.12. The Morgan fingerprint density at radius 3 is 2.17 bits per heavy atom. The van der Waals surface area contributed by atoms with Gasteiger partial charge in [0.05, 0.1) is 16.8 Å². The molecule has 0 aliphatic carbocycles. The quantitative estimate of drug-likeness (QED) is 0.779. The molecule has 0 aromatic heterocycles. The molecule has 1 atom stereocenters. The molecule has 3 heterocycles. The monoisotopic (exact) mass is 389 g/mol. The van der Waals surface area contributed by atoms with Crippen molar-refractivity contribution in [2.24, 2.45) is 0 Å². The number of nitrogens with zero attached hydrogens (tertiary/aromatic N) is 2. The van der Waals surface area contributed by atoms with Crippen molar-refractivity contribution in [3.8, 4) is 0 Å². The highest BCUT2D eigenvalue weighted by molar-refractivity contribution is 6.34. The summed E-state index contributed by atoms with van der Waals surface area (Å²) in [5.41, 5.74) is 2.13. The molecule has 0 radical (unpaired) electrons. The number of fused-ring (bicyclic) bond motifs is 2. The van der Waals surface area contributed by atoms with Gasteiger partial charge in [-0.1, -0.05) is 12.1 Å². The average molecular weight is 389 g/mol. The molecule has 0 bridgehead atoms. The normalized spacial score (nSPS) is 20.8. The maximum atomic E-state index is 12.8. The molecule has 2 aromatic rings. The van der Waals surface area contributed by atoms with Crippen molar-refractivity contribution in [3.05, 3.63) is 64.7 Å². The lowest BCUT2D eigenvalue weighted by Crippen LogP contribution is -2.52. The summed E-state index contributed by atoms with van der Waals surface area (Å²) in [6.07, 6.45) is 0.451. The highest BCUT2D eigenvalue weighted by atomic mass is 16.2. The van der Waals surface area contributed by atoms with Gasteiger partial charge in [-0.3, -0.25) is 29.3 Å². The first kappa shape index (κ1) is 17.3. The highest BCUT2D eigenvalue weighted by Gasteiger charge is 2.41. The number of carbonyl (C=O) groups is 5. The lowest BCUT2D eigenvalue weighted by atomic mass is 10.0. The first-order valence-electron chi connectivity index (χ1n) is 9.21. The van der Waals surface area contributed by atoms with E-state index in [4.69, 9.17) is 0 Å². The molecule has 0 saturated carbocycles. The fraction of sp³-hybridized carbons (Fsp3) is 0.190. The van der Waals surface area contributed by atoms with E-state index in [-0.39, 0.29) is 31.2 Å². The van der Waals surface area contributed by atoms with Gasteiger partial charge in [-0.2, -0.15) is 0 Å². The minimum absolute atomic E-state index is 0.177. The van der Waals surface area contributed by atoms with Gasteiger partial charge in [0, 0.05) is 18.5 Å². The first-order chi connectivity index (χ1) is 14.0. The predicted molar refractivity (Wildman–Crippen MR) is 100 cm³/mol. The van der Waals surface area contributed by atoms with E-state index in [0.717, 1.165) is 4.90 Å². The number of anilines is 1. The number of hydrogen-bond acceptors (Lipinski definition) is 5. The van der Waals surface area contributed by atoms with Crippen LogP contribution in [0.15, 0.2) is 42.5 Å². The summed E-state index contributed by atoms with van der Waals surface area (Å²) in [6, 6.07) is 10.7. The van der Waals surface area contributed by atoms with E-state index < -0.39 is 23.8 Å². The van der Waals surface area contributed by atoms with Gasteiger partial charge in [0.15, 0.2) is 0 Å². The third kappa shape index (κ3) is 2.49. The van der Waals surface area contributed by atoms with Crippen LogP contribution >= 0.6 is 0 Å². The second kappa shape index (κ2) is 6.10. The van der Waals surface area contributed by atoms with Crippen LogP contribution in [0.4, 0.5) is 5.69 Å². The number of carbonyl (C=O) groups excluding carboxylic acids is 5. The van der Waals surface area contributed by atoms with E-state index in [0.29, 0.717) is 27.9 Å². The summed E-state index contributed by atoms with van der Waals surface area (Å²) in [5.74, 6) is -1.94. The van der Waals surface area contributed by atoms with Gasteiger partial charge in [-0.15, -0.1) is 0 Å². The van der Waals surface area contributed by atoms with Crippen LogP contribution in [0.25, 0.3) is 0 Å². The third-order valence-corrected chi connectivity index (χ3v) is 5.56. The number of imide groups is 2. The van der Waals surface area contributed by atoms with Gasteiger partial charge in [-0.05, 0) is 42.3 Å². The maximum absolute atomic E-state index is 12.8. The molecule has 29 heavy (non-hydrogen) atoms. The molecule has 5 rings (SSSR count). The predicted octanol–water partition coefficient (Wildman–Crippen LogP) is 1.25. The van der Waals surface area contributed by atoms with Crippen LogP contribution in [0.3, 0.4) is 0 Å². The van der Waals surface area contributed by atoms with E-state index in [9.17, 15) is 24.0 Å². The van der Waals surface area contributed by atoms with Crippen molar-refractivity contribution >= 4 is 35.2 Å². The Morgan fingerprint density at radius 2 is 1.52 bits per heavy atom. The van der Waals surface area contributed by atoms with Crippen molar-refractivity contribution in [3.63, 3.8) is 0 Å². The molecule has 144 valence electrons. The van der Waals surface area contributed by atoms with Crippen LogP contribution in [0.5, 0.6) is 0 Å². The Hall–Kier alpha value is -3.81. The average Bonchev–Trinajstić information content (AvgIpc) is 3.16. The van der Waals surface area contributed by atoms with Gasteiger partial charge in [0.1, 0.15) is 6.04 Å². The molecule has 3 aliphatic rings. The van der Waals surface area contributed by atoms with Crippen molar-refractivity contribution < 1.29 is 24.0 Å². The summed E-state index contributed by atoms with van der Waals surface area (Å²) in [4.78, 5) is 64.2. The summed E-state index contributed by atoms with van der Waals surface area (Å²) >= 11 is 0. The largest absolute Gasteiger partial charge is 0.322 e. The molecule has 2 aromatic carbocycles. The first-order valence-corrected chi connectivity index (χ1v) is 9.21. The van der Waals surface area contributed by atoms with Crippen LogP contribution in [0.2, 0.25) is 0 Å². The molecule has 1 saturated heterocycles. The van der Waals surface area contributed by atoms with Gasteiger partial charge in [0.25, 0.3) is 17.7 Å². The van der Waals surface area contributed by atoms with Gasteiger partial charge in [0.2, 0.25) is 11.8 Å². The molecule has 3 aliphatic heterocycles. The molecule has 1 unspecified atom stereocenters. The van der Waals surface area contributed by atoms with Crippen LogP contribution in [0, 0.1) is 0 Å². The summed E-state index contributed by atoms with van der Waals surface area (Å²) < 4.78 is 0. The second-order valence-electron chi connectivity index (χ2n) is 7.23. The summed E-state index contributed by atoms with van der Waals surface area (Å²) in [6.45, 7) is 0.178. The minimum Gasteiger partial charge on any atom is -0.322 e. The number of piperidine rings is 1. The zero-order valence-electron chi connectivity index (χ0n) is 15.2. The third-order valence-electron chi connectivity index (χ3n) is 5.56. The maximum Gasteiger partial charge on any atom is 0.266 e. The fourth-order valence-corrected chi connectivity index (χ4v) is 4.12. The Bertz CT molecular complexity index is 1100. The van der Waals surface area contributed by atoms with Crippen molar-refractivity contribution in [1.82, 2.24) is 10.2 Å². The molecule has 1 N–H and O–H groups in total. The number of rotatable bonds is 2. The highest BCUT2D eigenvalue weighted by Crippen LogP contribution is 2.33. The lowest BCUT2D eigenvalue weighted by Gasteiger charge is -2.29. The molecular weight excluding hydrogens is 374 g/mol. The SMILES string of the molecule is O=C1CCC(N2Cc3cc(N4C(=O)c5ccccc5C4=O)ccc3C2=O)C(=O)N1. The van der Waals surface area contributed by atoms with Crippen LogP contribution < -0.4 is 10.2 Å². The van der Waals surface area contributed by atoms with Gasteiger partial charge >= 0.3 is 0 Å². The Labute approximate surface area is 165 Å². The Morgan fingerprint density at radius 1 is 0.828 bits per heavy atom. The van der Waals surface area contributed by atoms with Crippen LogP contribution in [-0.2, 0) is 16.1 Å². The minimum atomic E-state index is -0.713. The van der Waals surface area contributed by atoms with Crippen LogP contribution in [-0.4, -0.2) is 40.5 Å². The van der Waals surface area contributed by atoms with E-state index in [1.807, 2.05) is 0 Å². The Kier molecular flexibility index (Phi) is 3.64. The van der Waals surface area contributed by atoms with Gasteiger partial charge < -0.3 is 4.90 Å². The smallest absolute Gasteiger partial charge is 0.266 e. The number of benzene rings is 2. The summed E-state index contributed by atoms with van der Waals surface area (Å²) in [5, 5.41) is 2.26. The zero-order chi connectivity index (χ0) is 20.3. The van der Waals surface area contributed by atoms with Crippen LogP contribution in [0.1, 0.15) is 49.5 Å². The van der Waals surface area contributed by atoms with Crippen molar-refractivity contribution in [1.29, 1.82) is 0 Å². The molecule has 0 spiro atoms. The molecular formula is C21H15N3O5. The van der Waals surface area contributed by atoms with Crippen molar-refractivity contribution in [2.75, 3.05) is 4.90 Å². The molecule has 1 fully saturated rings. The van der Waals surface area contributed by atoms with E-state index in [2.05, 4.69) is 5.32 Å². The number of hydrogen-bond donors (Lipinski definition) is 1. The zero-order valence-corrected chi connectivity index (χ0v) is 15.2. The molecule has 5 amide bonds. The van der Waals surface area contributed by atoms with E-state index >= 15 is 0 Å². The standard InChI is InChI=1S/C21H15N3O5/c25-17-8-7-16(18(26)22-17)23-10-11-9-12(5-6-13(11)19(23)27)24-20(28)14-3-1-2-4-15(14)21(24)29/h1-6,9,16H,7-8,10H2,(H,22,25,26). The van der Waals surface area contributed by atoms with Crippen molar-refractivity contribution in [2.45, 2.75) is 25.4 Å². The lowest BCUT2D eigenvalue weighted by molar-refractivity contribution is -0.136. The molecule has 8 nitrogen and oxygen atoms in total. The molecule has 8 heteroatoms. The summed E-state index contributed by atoms with van der Waals surface area (Å²) in [7, 11) is 0. The second-order valence-corrected chi connectivity index (χ2v) is 7.23. The van der Waals surface area contributed by atoms with E-state index in [1.165, 1.54) is 4.90 Å².